The monoisotopic (exact) mass is 319 g/mol. The summed E-state index contributed by atoms with van der Waals surface area (Å²) in [7, 11) is 0. The molecule has 2 rings (SSSR count). The van der Waals surface area contributed by atoms with Gasteiger partial charge < -0.3 is 15.4 Å². The van der Waals surface area contributed by atoms with Gasteiger partial charge in [0.15, 0.2) is 0 Å². The lowest BCUT2D eigenvalue weighted by molar-refractivity contribution is 0.0383. The van der Waals surface area contributed by atoms with Crippen LogP contribution in [0.25, 0.3) is 0 Å². The second-order valence-corrected chi connectivity index (χ2v) is 5.92. The third-order valence-electron chi connectivity index (χ3n) is 3.65. The zero-order valence-corrected chi connectivity index (χ0v) is 13.8. The van der Waals surface area contributed by atoms with Gasteiger partial charge in [0, 0.05) is 43.3 Å². The van der Waals surface area contributed by atoms with Crippen molar-refractivity contribution in [3.8, 4) is 0 Å². The van der Waals surface area contributed by atoms with Crippen molar-refractivity contribution < 1.29 is 14.3 Å². The van der Waals surface area contributed by atoms with Gasteiger partial charge in [-0.15, -0.1) is 0 Å². The lowest BCUT2D eigenvalue weighted by Gasteiger charge is -2.26. The molecule has 1 heterocycles. The predicted molar refractivity (Wildman–Crippen MR) is 88.6 cm³/mol. The molecule has 1 fully saturated rings. The van der Waals surface area contributed by atoms with Crippen molar-refractivity contribution in [2.75, 3.05) is 39.4 Å². The van der Waals surface area contributed by atoms with Crippen molar-refractivity contribution in [1.29, 1.82) is 0 Å². The fraction of sp³-hybridized carbons (Fsp3) is 0.529. The number of carbonyl (C=O) groups excluding carboxylic acids is 2. The fourth-order valence-electron chi connectivity index (χ4n) is 2.37. The Morgan fingerprint density at radius 2 is 1.65 bits per heavy atom. The zero-order valence-electron chi connectivity index (χ0n) is 13.8. The maximum Gasteiger partial charge on any atom is 0.251 e. The lowest BCUT2D eigenvalue weighted by atomic mass is 10.1. The first kappa shape index (κ1) is 17.4. The molecule has 1 aromatic carbocycles. The van der Waals surface area contributed by atoms with Crippen molar-refractivity contribution in [2.45, 2.75) is 19.9 Å². The van der Waals surface area contributed by atoms with Crippen molar-refractivity contribution in [2.24, 2.45) is 0 Å². The average Bonchev–Trinajstić information content (AvgIpc) is 2.55. The van der Waals surface area contributed by atoms with Crippen LogP contribution < -0.4 is 10.6 Å². The highest BCUT2D eigenvalue weighted by Crippen LogP contribution is 2.05. The molecule has 126 valence electrons. The molecule has 0 unspecified atom stereocenters. The molecule has 1 aromatic rings. The molecule has 0 radical (unpaired) electrons. The third kappa shape index (κ3) is 5.65. The van der Waals surface area contributed by atoms with E-state index in [4.69, 9.17) is 4.74 Å². The van der Waals surface area contributed by atoms with Crippen molar-refractivity contribution in [3.05, 3.63) is 35.4 Å². The van der Waals surface area contributed by atoms with E-state index in [2.05, 4.69) is 15.5 Å². The summed E-state index contributed by atoms with van der Waals surface area (Å²) in [5.41, 5.74) is 1.12. The molecule has 6 heteroatoms. The van der Waals surface area contributed by atoms with Gasteiger partial charge in [0.1, 0.15) is 0 Å². The van der Waals surface area contributed by atoms with Gasteiger partial charge >= 0.3 is 0 Å². The van der Waals surface area contributed by atoms with Crippen LogP contribution in [0.1, 0.15) is 34.6 Å². The minimum absolute atomic E-state index is 0.0886. The topological polar surface area (TPSA) is 70.7 Å². The van der Waals surface area contributed by atoms with Crippen LogP contribution in [0.5, 0.6) is 0 Å². The van der Waals surface area contributed by atoms with E-state index in [1.807, 2.05) is 13.8 Å². The summed E-state index contributed by atoms with van der Waals surface area (Å²) in [6.07, 6.45) is 0. The van der Waals surface area contributed by atoms with Gasteiger partial charge in [-0.3, -0.25) is 14.5 Å². The smallest absolute Gasteiger partial charge is 0.251 e. The summed E-state index contributed by atoms with van der Waals surface area (Å²) in [6.45, 7) is 8.59. The second kappa shape index (κ2) is 8.64. The number of benzene rings is 1. The number of nitrogens with zero attached hydrogens (tertiary/aromatic N) is 1. The van der Waals surface area contributed by atoms with E-state index in [-0.39, 0.29) is 17.9 Å². The van der Waals surface area contributed by atoms with Crippen LogP contribution in [0, 0.1) is 0 Å². The molecule has 0 aliphatic carbocycles. The Morgan fingerprint density at radius 3 is 2.22 bits per heavy atom. The molecule has 1 aliphatic heterocycles. The Bertz CT molecular complexity index is 522. The molecular formula is C17H25N3O3. The summed E-state index contributed by atoms with van der Waals surface area (Å²) in [6, 6.07) is 6.80. The highest BCUT2D eigenvalue weighted by atomic mass is 16.5. The Balaban J connectivity index is 1.79. The molecule has 2 amide bonds. The number of amides is 2. The van der Waals surface area contributed by atoms with Crippen LogP contribution in [0.15, 0.2) is 24.3 Å². The zero-order chi connectivity index (χ0) is 16.7. The SMILES string of the molecule is CC(C)NC(=O)c1ccc(C(=O)NCCN2CCOCC2)cc1. The first-order valence-electron chi connectivity index (χ1n) is 8.05. The van der Waals surface area contributed by atoms with Crippen LogP contribution in [-0.4, -0.2) is 62.1 Å². The predicted octanol–water partition coefficient (Wildman–Crippen LogP) is 0.887. The number of nitrogens with one attached hydrogen (secondary N) is 2. The fourth-order valence-corrected chi connectivity index (χ4v) is 2.37. The van der Waals surface area contributed by atoms with E-state index in [1.165, 1.54) is 0 Å². The number of carbonyl (C=O) groups is 2. The normalized spacial score (nSPS) is 15.4. The second-order valence-electron chi connectivity index (χ2n) is 5.92. The third-order valence-corrected chi connectivity index (χ3v) is 3.65. The van der Waals surface area contributed by atoms with E-state index in [0.29, 0.717) is 17.7 Å². The van der Waals surface area contributed by atoms with Crippen molar-refractivity contribution >= 4 is 11.8 Å². The van der Waals surface area contributed by atoms with Crippen molar-refractivity contribution in [1.82, 2.24) is 15.5 Å². The van der Waals surface area contributed by atoms with Gasteiger partial charge in [0.05, 0.1) is 13.2 Å². The Labute approximate surface area is 137 Å². The Hall–Kier alpha value is -1.92. The number of hydrogen-bond acceptors (Lipinski definition) is 4. The first-order valence-corrected chi connectivity index (χ1v) is 8.05. The maximum atomic E-state index is 12.1. The summed E-state index contributed by atoms with van der Waals surface area (Å²) >= 11 is 0. The number of ether oxygens (including phenoxy) is 1. The van der Waals surface area contributed by atoms with Gasteiger partial charge in [0.2, 0.25) is 0 Å². The highest BCUT2D eigenvalue weighted by Gasteiger charge is 2.12. The first-order chi connectivity index (χ1) is 11.1. The van der Waals surface area contributed by atoms with Crippen LogP contribution >= 0.6 is 0 Å². The van der Waals surface area contributed by atoms with E-state index in [1.54, 1.807) is 24.3 Å². The molecule has 1 saturated heterocycles. The summed E-state index contributed by atoms with van der Waals surface area (Å²) in [4.78, 5) is 26.2. The minimum atomic E-state index is -0.126. The maximum absolute atomic E-state index is 12.1. The summed E-state index contributed by atoms with van der Waals surface area (Å²) in [5.74, 6) is -0.242. The minimum Gasteiger partial charge on any atom is -0.379 e. The quantitative estimate of drug-likeness (QED) is 0.817. The largest absolute Gasteiger partial charge is 0.379 e. The van der Waals surface area contributed by atoms with Gasteiger partial charge in [0.25, 0.3) is 11.8 Å². The molecule has 0 bridgehead atoms. The van der Waals surface area contributed by atoms with E-state index in [9.17, 15) is 9.59 Å². The van der Waals surface area contributed by atoms with E-state index in [0.717, 1.165) is 32.8 Å². The molecule has 0 atom stereocenters. The molecule has 0 spiro atoms. The van der Waals surface area contributed by atoms with Crippen LogP contribution in [0.3, 0.4) is 0 Å². The Kier molecular flexibility index (Phi) is 6.55. The number of morpholine rings is 1. The van der Waals surface area contributed by atoms with E-state index >= 15 is 0 Å². The van der Waals surface area contributed by atoms with Crippen LogP contribution in [0.4, 0.5) is 0 Å². The lowest BCUT2D eigenvalue weighted by Crippen LogP contribution is -2.41. The molecule has 0 saturated carbocycles. The molecule has 2 N–H and O–H groups in total. The summed E-state index contributed by atoms with van der Waals surface area (Å²) < 4.78 is 5.29. The van der Waals surface area contributed by atoms with Crippen LogP contribution in [-0.2, 0) is 4.74 Å². The molecular weight excluding hydrogens is 294 g/mol. The molecule has 23 heavy (non-hydrogen) atoms. The molecule has 1 aliphatic rings. The van der Waals surface area contributed by atoms with Crippen LogP contribution in [0.2, 0.25) is 0 Å². The molecule has 6 nitrogen and oxygen atoms in total. The van der Waals surface area contributed by atoms with E-state index < -0.39 is 0 Å². The highest BCUT2D eigenvalue weighted by molar-refractivity contribution is 5.97. The van der Waals surface area contributed by atoms with Gasteiger partial charge in [-0.2, -0.15) is 0 Å². The number of rotatable bonds is 6. The summed E-state index contributed by atoms with van der Waals surface area (Å²) in [5, 5.41) is 5.73. The van der Waals surface area contributed by atoms with Gasteiger partial charge in [-0.05, 0) is 38.1 Å². The molecule has 0 aromatic heterocycles. The van der Waals surface area contributed by atoms with Gasteiger partial charge in [-0.1, -0.05) is 0 Å². The van der Waals surface area contributed by atoms with Crippen molar-refractivity contribution in [3.63, 3.8) is 0 Å². The van der Waals surface area contributed by atoms with Gasteiger partial charge in [-0.25, -0.2) is 0 Å². The number of hydrogen-bond donors (Lipinski definition) is 2. The average molecular weight is 319 g/mol. The standard InChI is InChI=1S/C17H25N3O3/c1-13(2)19-17(22)15-5-3-14(4-6-15)16(21)18-7-8-20-9-11-23-12-10-20/h3-6,13H,7-12H2,1-2H3,(H,18,21)(H,19,22). The Morgan fingerprint density at radius 1 is 1.09 bits per heavy atom.